The van der Waals surface area contributed by atoms with Gasteiger partial charge in [0.25, 0.3) is 0 Å². The number of hydrogen-bond donors (Lipinski definition) is 1. The van der Waals surface area contributed by atoms with Gasteiger partial charge in [-0.3, -0.25) is 0 Å². The monoisotopic (exact) mass is 205 g/mol. The summed E-state index contributed by atoms with van der Waals surface area (Å²) in [6, 6.07) is 10.3. The molecule has 2 rings (SSSR count). The molecule has 1 fully saturated rings. The van der Waals surface area contributed by atoms with Crippen LogP contribution in [0.5, 0.6) is 0 Å². The van der Waals surface area contributed by atoms with E-state index < -0.39 is 0 Å². The van der Waals surface area contributed by atoms with Crippen molar-refractivity contribution in [1.29, 1.82) is 0 Å². The maximum Gasteiger partial charge on any atom is 0.0945 e. The van der Waals surface area contributed by atoms with Crippen LogP contribution in [0.15, 0.2) is 30.3 Å². The number of likely N-dealkylation sites (tertiary alicyclic amines) is 1. The number of nitrogens with zero attached hydrogens (tertiary/aromatic N) is 1. The Morgan fingerprint density at radius 3 is 2.67 bits per heavy atom. The van der Waals surface area contributed by atoms with E-state index in [2.05, 4.69) is 11.9 Å². The summed E-state index contributed by atoms with van der Waals surface area (Å²) < 4.78 is 0. The fourth-order valence-corrected chi connectivity index (χ4v) is 2.37. The van der Waals surface area contributed by atoms with E-state index in [0.717, 1.165) is 18.5 Å². The number of likely N-dealkylation sites (N-methyl/N-ethyl adjacent to an activating group) is 1. The SMILES string of the molecule is CN1CCCCC1C(O)c1ccccc1. The van der Waals surface area contributed by atoms with Crippen molar-refractivity contribution in [2.75, 3.05) is 13.6 Å². The molecular weight excluding hydrogens is 186 g/mol. The van der Waals surface area contributed by atoms with Gasteiger partial charge in [-0.1, -0.05) is 36.8 Å². The zero-order valence-corrected chi connectivity index (χ0v) is 9.26. The zero-order valence-electron chi connectivity index (χ0n) is 9.26. The van der Waals surface area contributed by atoms with Gasteiger partial charge in [0.1, 0.15) is 0 Å². The molecule has 15 heavy (non-hydrogen) atoms. The highest BCUT2D eigenvalue weighted by Gasteiger charge is 2.26. The van der Waals surface area contributed by atoms with Gasteiger partial charge in [-0.05, 0) is 32.0 Å². The first-order valence-electron chi connectivity index (χ1n) is 5.72. The minimum atomic E-state index is -0.337. The first kappa shape index (κ1) is 10.7. The Balaban J connectivity index is 2.09. The molecule has 0 aromatic heterocycles. The maximum atomic E-state index is 10.3. The lowest BCUT2D eigenvalue weighted by molar-refractivity contribution is 0.0403. The molecule has 2 nitrogen and oxygen atoms in total. The summed E-state index contributed by atoms with van der Waals surface area (Å²) >= 11 is 0. The van der Waals surface area contributed by atoms with Crippen LogP contribution >= 0.6 is 0 Å². The molecule has 0 radical (unpaired) electrons. The van der Waals surface area contributed by atoms with E-state index in [1.165, 1.54) is 12.8 Å². The molecule has 1 heterocycles. The van der Waals surface area contributed by atoms with Crippen molar-refractivity contribution in [1.82, 2.24) is 4.90 Å². The van der Waals surface area contributed by atoms with Crippen LogP contribution in [0.2, 0.25) is 0 Å². The summed E-state index contributed by atoms with van der Waals surface area (Å²) in [6.07, 6.45) is 3.26. The van der Waals surface area contributed by atoms with E-state index in [4.69, 9.17) is 0 Å². The fourth-order valence-electron chi connectivity index (χ4n) is 2.37. The molecule has 2 unspecified atom stereocenters. The number of aliphatic hydroxyl groups excluding tert-OH is 1. The second-order valence-electron chi connectivity index (χ2n) is 4.40. The number of aliphatic hydroxyl groups is 1. The Kier molecular flexibility index (Phi) is 3.39. The summed E-state index contributed by atoms with van der Waals surface area (Å²) in [5.41, 5.74) is 1.04. The molecule has 1 N–H and O–H groups in total. The first-order chi connectivity index (χ1) is 7.29. The highest BCUT2D eigenvalue weighted by atomic mass is 16.3. The van der Waals surface area contributed by atoms with Gasteiger partial charge < -0.3 is 10.0 Å². The molecule has 1 saturated heterocycles. The number of hydrogen-bond acceptors (Lipinski definition) is 2. The lowest BCUT2D eigenvalue weighted by atomic mass is 9.93. The maximum absolute atomic E-state index is 10.3. The van der Waals surface area contributed by atoms with Gasteiger partial charge in [-0.2, -0.15) is 0 Å². The van der Waals surface area contributed by atoms with Crippen molar-refractivity contribution >= 4 is 0 Å². The van der Waals surface area contributed by atoms with Gasteiger partial charge in [-0.25, -0.2) is 0 Å². The van der Waals surface area contributed by atoms with Gasteiger partial charge >= 0.3 is 0 Å². The largest absolute Gasteiger partial charge is 0.387 e. The Morgan fingerprint density at radius 2 is 2.00 bits per heavy atom. The first-order valence-corrected chi connectivity index (χ1v) is 5.72. The van der Waals surface area contributed by atoms with Crippen molar-refractivity contribution in [3.05, 3.63) is 35.9 Å². The van der Waals surface area contributed by atoms with Crippen LogP contribution in [0.4, 0.5) is 0 Å². The van der Waals surface area contributed by atoms with E-state index >= 15 is 0 Å². The molecule has 1 aromatic rings. The number of rotatable bonds is 2. The quantitative estimate of drug-likeness (QED) is 0.800. The summed E-state index contributed by atoms with van der Waals surface area (Å²) in [4.78, 5) is 2.28. The summed E-state index contributed by atoms with van der Waals surface area (Å²) in [5, 5.41) is 10.3. The van der Waals surface area contributed by atoms with E-state index in [1.54, 1.807) is 0 Å². The topological polar surface area (TPSA) is 23.5 Å². The van der Waals surface area contributed by atoms with Gasteiger partial charge in [0.2, 0.25) is 0 Å². The number of piperidine rings is 1. The third-order valence-electron chi connectivity index (χ3n) is 3.33. The Bertz CT molecular complexity index is 299. The van der Waals surface area contributed by atoms with Gasteiger partial charge in [0, 0.05) is 6.04 Å². The second-order valence-corrected chi connectivity index (χ2v) is 4.40. The van der Waals surface area contributed by atoms with Crippen LogP contribution in [-0.4, -0.2) is 29.6 Å². The average molecular weight is 205 g/mol. The minimum absolute atomic E-state index is 0.293. The molecule has 0 bridgehead atoms. The molecule has 1 aliphatic heterocycles. The van der Waals surface area contributed by atoms with E-state index in [1.807, 2.05) is 30.3 Å². The molecule has 2 atom stereocenters. The van der Waals surface area contributed by atoms with E-state index in [-0.39, 0.29) is 6.10 Å². The molecule has 0 aliphatic carbocycles. The highest BCUT2D eigenvalue weighted by Crippen LogP contribution is 2.27. The molecule has 0 saturated carbocycles. The Morgan fingerprint density at radius 1 is 1.27 bits per heavy atom. The molecule has 82 valence electrons. The van der Waals surface area contributed by atoms with E-state index in [9.17, 15) is 5.11 Å². The zero-order chi connectivity index (χ0) is 10.7. The smallest absolute Gasteiger partial charge is 0.0945 e. The number of benzene rings is 1. The third kappa shape index (κ3) is 2.39. The van der Waals surface area contributed by atoms with Crippen molar-refractivity contribution in [3.8, 4) is 0 Å². The van der Waals surface area contributed by atoms with Crippen molar-refractivity contribution < 1.29 is 5.11 Å². The van der Waals surface area contributed by atoms with Crippen LogP contribution < -0.4 is 0 Å². The predicted octanol–water partition coefficient (Wildman–Crippen LogP) is 2.20. The molecule has 0 spiro atoms. The highest BCUT2D eigenvalue weighted by molar-refractivity contribution is 5.19. The minimum Gasteiger partial charge on any atom is -0.387 e. The van der Waals surface area contributed by atoms with Crippen molar-refractivity contribution in [2.24, 2.45) is 0 Å². The van der Waals surface area contributed by atoms with Crippen LogP contribution in [0.1, 0.15) is 30.9 Å². The Labute approximate surface area is 91.5 Å². The summed E-state index contributed by atoms with van der Waals surface area (Å²) in [7, 11) is 2.11. The standard InChI is InChI=1S/C13H19NO/c1-14-10-6-5-9-12(14)13(15)11-7-3-2-4-8-11/h2-4,7-8,12-13,15H,5-6,9-10H2,1H3. The van der Waals surface area contributed by atoms with Crippen molar-refractivity contribution in [3.63, 3.8) is 0 Å². The summed E-state index contributed by atoms with van der Waals surface area (Å²) in [5.74, 6) is 0. The fraction of sp³-hybridized carbons (Fsp3) is 0.538. The molecule has 1 aromatic carbocycles. The molecule has 0 amide bonds. The van der Waals surface area contributed by atoms with Crippen molar-refractivity contribution in [2.45, 2.75) is 31.4 Å². The predicted molar refractivity (Wildman–Crippen MR) is 61.7 cm³/mol. The molecule has 1 aliphatic rings. The van der Waals surface area contributed by atoms with E-state index in [0.29, 0.717) is 6.04 Å². The van der Waals surface area contributed by atoms with Crippen LogP contribution in [0, 0.1) is 0 Å². The van der Waals surface area contributed by atoms with Crippen LogP contribution in [0.25, 0.3) is 0 Å². The normalized spacial score (nSPS) is 25.1. The lowest BCUT2D eigenvalue weighted by Crippen LogP contribution is -2.40. The third-order valence-corrected chi connectivity index (χ3v) is 3.33. The average Bonchev–Trinajstić information content (AvgIpc) is 2.30. The van der Waals surface area contributed by atoms with Crippen LogP contribution in [0.3, 0.4) is 0 Å². The Hall–Kier alpha value is -0.860. The molecular formula is C13H19NO. The van der Waals surface area contributed by atoms with Gasteiger partial charge in [0.15, 0.2) is 0 Å². The lowest BCUT2D eigenvalue weighted by Gasteiger charge is -2.35. The van der Waals surface area contributed by atoms with Gasteiger partial charge in [0.05, 0.1) is 6.10 Å². The van der Waals surface area contributed by atoms with Gasteiger partial charge in [-0.15, -0.1) is 0 Å². The second kappa shape index (κ2) is 4.77. The summed E-state index contributed by atoms with van der Waals surface area (Å²) in [6.45, 7) is 1.11. The van der Waals surface area contributed by atoms with Crippen LogP contribution in [-0.2, 0) is 0 Å². The molecule has 2 heteroatoms.